The summed E-state index contributed by atoms with van der Waals surface area (Å²) in [5.74, 6) is 0. The van der Waals surface area contributed by atoms with Crippen LogP contribution in [-0.2, 0) is 14.8 Å². The van der Waals surface area contributed by atoms with E-state index in [2.05, 4.69) is 25.4 Å². The number of nitrogens with one attached hydrogen (secondary N) is 1. The maximum Gasteiger partial charge on any atom is 0.404 e. The second-order valence-electron chi connectivity index (χ2n) is 3.48. The predicted octanol–water partition coefficient (Wildman–Crippen LogP) is 1.13. The molecular weight excluding hydrogens is 324 g/mol. The van der Waals surface area contributed by atoms with E-state index in [0.29, 0.717) is 10.0 Å². The Morgan fingerprint density at radius 2 is 2.17 bits per heavy atom. The van der Waals surface area contributed by atoms with Crippen LogP contribution in [0.3, 0.4) is 0 Å². The van der Waals surface area contributed by atoms with E-state index in [0.717, 1.165) is 0 Å². The number of benzene rings is 1. The molecule has 0 aliphatic heterocycles. The lowest BCUT2D eigenvalue weighted by molar-refractivity contribution is 0.159. The van der Waals surface area contributed by atoms with Gasteiger partial charge >= 0.3 is 6.09 Å². The number of nitrogens with two attached hydrogens (primary N) is 1. The molecule has 0 aliphatic carbocycles. The van der Waals surface area contributed by atoms with Crippen LogP contribution in [0.2, 0.25) is 0 Å². The molecule has 1 rings (SSSR count). The Kier molecular flexibility index (Phi) is 5.12. The van der Waals surface area contributed by atoms with Crippen LogP contribution >= 0.6 is 15.9 Å². The van der Waals surface area contributed by atoms with E-state index >= 15 is 0 Å². The summed E-state index contributed by atoms with van der Waals surface area (Å²) in [5.41, 5.74) is 5.38. The molecule has 0 aliphatic rings. The van der Waals surface area contributed by atoms with Gasteiger partial charge in [0.25, 0.3) is 0 Å². The van der Waals surface area contributed by atoms with Crippen molar-refractivity contribution in [2.24, 2.45) is 5.73 Å². The number of halogens is 1. The van der Waals surface area contributed by atoms with Gasteiger partial charge in [0.15, 0.2) is 0 Å². The van der Waals surface area contributed by atoms with Gasteiger partial charge in [0.05, 0.1) is 4.90 Å². The van der Waals surface area contributed by atoms with E-state index in [1.807, 2.05) is 0 Å². The summed E-state index contributed by atoms with van der Waals surface area (Å²) < 4.78 is 31.3. The Labute approximate surface area is 114 Å². The third kappa shape index (κ3) is 4.28. The van der Waals surface area contributed by atoms with Crippen molar-refractivity contribution in [2.75, 3.05) is 13.2 Å². The minimum Gasteiger partial charge on any atom is -0.448 e. The molecule has 0 unspecified atom stereocenters. The molecule has 100 valence electrons. The Morgan fingerprint density at radius 3 is 2.78 bits per heavy atom. The van der Waals surface area contributed by atoms with Gasteiger partial charge in [-0.15, -0.1) is 0 Å². The molecule has 0 heterocycles. The molecule has 1 aromatic carbocycles. The topological polar surface area (TPSA) is 98.5 Å². The van der Waals surface area contributed by atoms with E-state index in [9.17, 15) is 13.2 Å². The smallest absolute Gasteiger partial charge is 0.404 e. The first-order chi connectivity index (χ1) is 8.33. The van der Waals surface area contributed by atoms with Crippen LogP contribution in [-0.4, -0.2) is 27.7 Å². The van der Waals surface area contributed by atoms with Crippen LogP contribution in [0.5, 0.6) is 0 Å². The van der Waals surface area contributed by atoms with E-state index < -0.39 is 16.1 Å². The van der Waals surface area contributed by atoms with Crippen LogP contribution < -0.4 is 10.5 Å². The number of aryl methyl sites for hydroxylation is 1. The van der Waals surface area contributed by atoms with Gasteiger partial charge in [-0.05, 0) is 24.6 Å². The van der Waals surface area contributed by atoms with Gasteiger partial charge in [-0.25, -0.2) is 17.9 Å². The molecule has 0 spiro atoms. The van der Waals surface area contributed by atoms with Crippen molar-refractivity contribution in [1.29, 1.82) is 0 Å². The molecule has 0 saturated heterocycles. The molecule has 1 aromatic rings. The van der Waals surface area contributed by atoms with E-state index in [-0.39, 0.29) is 18.0 Å². The summed E-state index contributed by atoms with van der Waals surface area (Å²) in [6.45, 7) is 1.56. The molecule has 0 aromatic heterocycles. The number of primary amides is 1. The third-order valence-corrected chi connectivity index (χ3v) is 4.17. The van der Waals surface area contributed by atoms with Gasteiger partial charge in [0.1, 0.15) is 6.61 Å². The van der Waals surface area contributed by atoms with Gasteiger partial charge in [-0.3, -0.25) is 0 Å². The molecule has 1 amide bonds. The number of carbonyl (C=O) groups excluding carboxylic acids is 1. The van der Waals surface area contributed by atoms with Crippen LogP contribution in [0.25, 0.3) is 0 Å². The van der Waals surface area contributed by atoms with Crippen molar-refractivity contribution in [2.45, 2.75) is 11.8 Å². The number of carbonyl (C=O) groups is 1. The fraction of sp³-hybridized carbons (Fsp3) is 0.300. The molecule has 0 saturated carbocycles. The molecule has 0 atom stereocenters. The van der Waals surface area contributed by atoms with E-state index in [1.165, 1.54) is 6.07 Å². The Morgan fingerprint density at radius 1 is 1.50 bits per heavy atom. The summed E-state index contributed by atoms with van der Waals surface area (Å²) in [6.07, 6.45) is -0.937. The zero-order chi connectivity index (χ0) is 13.8. The highest BCUT2D eigenvalue weighted by Gasteiger charge is 2.16. The van der Waals surface area contributed by atoms with Gasteiger partial charge in [0, 0.05) is 11.0 Å². The lowest BCUT2D eigenvalue weighted by Crippen LogP contribution is -2.29. The number of rotatable bonds is 5. The molecular formula is C10H13BrN2O4S. The van der Waals surface area contributed by atoms with Crippen molar-refractivity contribution < 1.29 is 17.9 Å². The fourth-order valence-corrected chi connectivity index (χ4v) is 3.06. The van der Waals surface area contributed by atoms with Crippen molar-refractivity contribution in [3.63, 3.8) is 0 Å². The molecule has 0 fully saturated rings. The molecule has 0 bridgehead atoms. The largest absolute Gasteiger partial charge is 0.448 e. The summed E-state index contributed by atoms with van der Waals surface area (Å²) >= 11 is 3.21. The molecule has 8 heteroatoms. The quantitative estimate of drug-likeness (QED) is 0.787. The minimum atomic E-state index is -3.62. The van der Waals surface area contributed by atoms with Gasteiger partial charge in [-0.2, -0.15) is 0 Å². The fourth-order valence-electron chi connectivity index (χ4n) is 1.27. The normalized spacial score (nSPS) is 11.2. The zero-order valence-corrected chi connectivity index (χ0v) is 12.0. The molecule has 3 N–H and O–H groups in total. The zero-order valence-electron chi connectivity index (χ0n) is 9.64. The van der Waals surface area contributed by atoms with Crippen molar-refractivity contribution in [3.8, 4) is 0 Å². The van der Waals surface area contributed by atoms with Gasteiger partial charge < -0.3 is 10.5 Å². The van der Waals surface area contributed by atoms with Crippen LogP contribution in [0.1, 0.15) is 5.56 Å². The maximum atomic E-state index is 11.9. The van der Waals surface area contributed by atoms with Crippen LogP contribution in [0.15, 0.2) is 27.6 Å². The highest BCUT2D eigenvalue weighted by Crippen LogP contribution is 2.20. The predicted molar refractivity (Wildman–Crippen MR) is 69.6 cm³/mol. The average molecular weight is 337 g/mol. The summed E-state index contributed by atoms with van der Waals surface area (Å²) in [7, 11) is -3.62. The second kappa shape index (κ2) is 6.17. The monoisotopic (exact) mass is 336 g/mol. The average Bonchev–Trinajstić information content (AvgIpc) is 2.27. The minimum absolute atomic E-state index is 0.0305. The Balaban J connectivity index is 2.74. The van der Waals surface area contributed by atoms with E-state index in [4.69, 9.17) is 5.73 Å². The first-order valence-corrected chi connectivity index (χ1v) is 7.28. The number of ether oxygens (including phenoxy) is 1. The Hall–Kier alpha value is -1.12. The summed E-state index contributed by atoms with van der Waals surface area (Å²) in [5, 5.41) is 0. The molecule has 6 nitrogen and oxygen atoms in total. The van der Waals surface area contributed by atoms with Gasteiger partial charge in [0.2, 0.25) is 10.0 Å². The lowest BCUT2D eigenvalue weighted by Gasteiger charge is -2.09. The molecule has 0 radical (unpaired) electrons. The third-order valence-electron chi connectivity index (χ3n) is 2.08. The number of hydrogen-bond acceptors (Lipinski definition) is 4. The number of hydrogen-bond donors (Lipinski definition) is 2. The lowest BCUT2D eigenvalue weighted by atomic mass is 10.2. The second-order valence-corrected chi connectivity index (χ2v) is 6.13. The first kappa shape index (κ1) is 14.9. The maximum absolute atomic E-state index is 11.9. The van der Waals surface area contributed by atoms with Crippen molar-refractivity contribution >= 4 is 32.0 Å². The SMILES string of the molecule is Cc1ccc(Br)cc1S(=O)(=O)NCCOC(N)=O. The van der Waals surface area contributed by atoms with Crippen LogP contribution in [0.4, 0.5) is 4.79 Å². The van der Waals surface area contributed by atoms with Crippen molar-refractivity contribution in [1.82, 2.24) is 4.72 Å². The Bertz CT molecular complexity index is 545. The highest BCUT2D eigenvalue weighted by atomic mass is 79.9. The van der Waals surface area contributed by atoms with E-state index in [1.54, 1.807) is 19.1 Å². The van der Waals surface area contributed by atoms with Crippen LogP contribution in [0, 0.1) is 6.92 Å². The molecule has 18 heavy (non-hydrogen) atoms. The summed E-state index contributed by atoms with van der Waals surface area (Å²) in [6, 6.07) is 4.95. The summed E-state index contributed by atoms with van der Waals surface area (Å²) in [4.78, 5) is 10.5. The standard InChI is InChI=1S/C10H13BrN2O4S/c1-7-2-3-8(11)6-9(7)18(15,16)13-4-5-17-10(12)14/h2-3,6,13H,4-5H2,1H3,(H2,12,14). The van der Waals surface area contributed by atoms with Gasteiger partial charge in [-0.1, -0.05) is 22.0 Å². The first-order valence-electron chi connectivity index (χ1n) is 5.01. The number of amides is 1. The number of sulfonamides is 1. The highest BCUT2D eigenvalue weighted by molar-refractivity contribution is 9.10. The van der Waals surface area contributed by atoms with Crippen molar-refractivity contribution in [3.05, 3.63) is 28.2 Å².